The molecule has 0 aromatic rings. The molecule has 0 heterocycles. The smallest absolute Gasteiger partial charge is 0.0541 e. The highest BCUT2D eigenvalue weighted by Gasteiger charge is 1.94. The van der Waals surface area contributed by atoms with E-state index in [0.717, 1.165) is 12.8 Å². The lowest BCUT2D eigenvalue weighted by molar-refractivity contribution is 0.205. The average Bonchev–Trinajstić information content (AvgIpc) is 2.39. The molecule has 0 aromatic carbocycles. The van der Waals surface area contributed by atoms with Crippen LogP contribution in [0.5, 0.6) is 0 Å². The van der Waals surface area contributed by atoms with Crippen molar-refractivity contribution in [1.82, 2.24) is 0 Å². The molecule has 1 nitrogen and oxygen atoms in total. The van der Waals surface area contributed by atoms with E-state index in [4.69, 9.17) is 5.11 Å². The van der Waals surface area contributed by atoms with Crippen molar-refractivity contribution in [3.05, 3.63) is 19.1 Å². The van der Waals surface area contributed by atoms with E-state index in [1.165, 1.54) is 70.6 Å². The minimum absolute atomic E-state index is 0.368. The second-order valence-electron chi connectivity index (χ2n) is 5.67. The summed E-state index contributed by atoms with van der Waals surface area (Å²) in [6, 6.07) is 0. The fourth-order valence-corrected chi connectivity index (χ4v) is 2.27. The molecule has 0 spiro atoms. The van der Waals surface area contributed by atoms with Gasteiger partial charge in [0.2, 0.25) is 0 Å². The van der Waals surface area contributed by atoms with Crippen LogP contribution in [0.3, 0.4) is 0 Å². The van der Waals surface area contributed by atoms with E-state index in [1.54, 1.807) is 0 Å². The van der Waals surface area contributed by atoms with Gasteiger partial charge in [0.25, 0.3) is 0 Å². The van der Waals surface area contributed by atoms with Gasteiger partial charge in [-0.1, -0.05) is 70.4 Å². The third-order valence-electron chi connectivity index (χ3n) is 3.55. The number of allylic oxidation sites excluding steroid dienone is 2. The largest absolute Gasteiger partial charge is 0.393 e. The van der Waals surface area contributed by atoms with Gasteiger partial charge >= 0.3 is 0 Å². The number of hydrogen-bond acceptors (Lipinski definition) is 1. The Morgan fingerprint density at radius 2 is 1.26 bits per heavy atom. The highest BCUT2D eigenvalue weighted by Crippen LogP contribution is 2.09. The zero-order valence-corrected chi connectivity index (χ0v) is 13.1. The van der Waals surface area contributed by atoms with Gasteiger partial charge in [-0.25, -0.2) is 0 Å². The summed E-state index contributed by atoms with van der Waals surface area (Å²) in [5, 5.41) is 9.02. The fourth-order valence-electron chi connectivity index (χ4n) is 2.27. The van der Waals surface area contributed by atoms with E-state index in [1.807, 2.05) is 0 Å². The molecule has 0 rings (SSSR count). The lowest BCUT2D eigenvalue weighted by Gasteiger charge is -2.02. The molecule has 1 atom stereocenters. The van der Waals surface area contributed by atoms with Gasteiger partial charge in [-0.3, -0.25) is 0 Å². The summed E-state index contributed by atoms with van der Waals surface area (Å²) in [6.45, 7) is 5.85. The normalized spacial score (nSPS) is 13.2. The Morgan fingerprint density at radius 1 is 0.789 bits per heavy atom. The third kappa shape index (κ3) is 17.7. The molecule has 1 unspecified atom stereocenters. The van der Waals surface area contributed by atoms with Crippen LogP contribution in [0.1, 0.15) is 90.4 Å². The Kier molecular flexibility index (Phi) is 15.5. The summed E-state index contributed by atoms with van der Waals surface area (Å²) in [7, 11) is 0. The number of aliphatic hydroxyl groups is 1. The minimum Gasteiger partial charge on any atom is -0.393 e. The predicted octanol–water partition coefficient (Wildman–Crippen LogP) is 5.83. The first-order chi connectivity index (χ1) is 9.27. The monoisotopic (exact) mass is 267 g/mol. The highest BCUT2D eigenvalue weighted by molar-refractivity contribution is 4.81. The Bertz CT molecular complexity index is 184. The summed E-state index contributed by atoms with van der Waals surface area (Å²) >= 11 is 0. The topological polar surface area (TPSA) is 20.2 Å². The van der Waals surface area contributed by atoms with Crippen LogP contribution in [0.25, 0.3) is 0 Å². The van der Waals surface area contributed by atoms with Gasteiger partial charge in [0, 0.05) is 0 Å². The van der Waals surface area contributed by atoms with E-state index >= 15 is 0 Å². The second kappa shape index (κ2) is 15.8. The molecular formula is C18H35O. The average molecular weight is 267 g/mol. The van der Waals surface area contributed by atoms with Crippen molar-refractivity contribution < 1.29 is 5.11 Å². The summed E-state index contributed by atoms with van der Waals surface area (Å²) < 4.78 is 0. The maximum atomic E-state index is 9.02. The molecule has 0 aromatic heterocycles. The quantitative estimate of drug-likeness (QED) is 0.310. The first-order valence-corrected chi connectivity index (χ1v) is 8.43. The maximum Gasteiger partial charge on any atom is 0.0541 e. The zero-order valence-electron chi connectivity index (χ0n) is 13.1. The minimum atomic E-state index is -0.368. The van der Waals surface area contributed by atoms with E-state index in [2.05, 4.69) is 26.0 Å². The van der Waals surface area contributed by atoms with E-state index in [-0.39, 0.29) is 6.10 Å². The van der Waals surface area contributed by atoms with Crippen LogP contribution in [0, 0.1) is 6.92 Å². The Balaban J connectivity index is 3.05. The van der Waals surface area contributed by atoms with Crippen LogP contribution in [0.15, 0.2) is 12.2 Å². The SMILES string of the molecule is [CH2]C(O)CCCCCC=CCCCCCCCCC. The van der Waals surface area contributed by atoms with Crippen LogP contribution >= 0.6 is 0 Å². The van der Waals surface area contributed by atoms with Gasteiger partial charge in [-0.15, -0.1) is 0 Å². The van der Waals surface area contributed by atoms with Gasteiger partial charge in [-0.05, 0) is 39.0 Å². The summed E-state index contributed by atoms with van der Waals surface area (Å²) in [5.74, 6) is 0. The molecule has 19 heavy (non-hydrogen) atoms. The lowest BCUT2D eigenvalue weighted by atomic mass is 10.1. The fraction of sp³-hybridized carbons (Fsp3) is 0.833. The van der Waals surface area contributed by atoms with Crippen LogP contribution in [0.2, 0.25) is 0 Å². The molecule has 0 aliphatic carbocycles. The molecule has 0 fully saturated rings. The Labute approximate surface area is 121 Å². The zero-order chi connectivity index (χ0) is 14.2. The van der Waals surface area contributed by atoms with Crippen molar-refractivity contribution >= 4 is 0 Å². The molecule has 0 saturated heterocycles. The van der Waals surface area contributed by atoms with Gasteiger partial charge in [-0.2, -0.15) is 0 Å². The van der Waals surface area contributed by atoms with Crippen molar-refractivity contribution in [3.8, 4) is 0 Å². The number of unbranched alkanes of at least 4 members (excludes halogenated alkanes) is 10. The van der Waals surface area contributed by atoms with E-state index < -0.39 is 0 Å². The molecule has 1 heteroatoms. The molecule has 0 bridgehead atoms. The van der Waals surface area contributed by atoms with Crippen LogP contribution in [-0.2, 0) is 0 Å². The van der Waals surface area contributed by atoms with Crippen molar-refractivity contribution in [2.45, 2.75) is 96.5 Å². The second-order valence-corrected chi connectivity index (χ2v) is 5.67. The van der Waals surface area contributed by atoms with Gasteiger partial charge in [0.05, 0.1) is 6.10 Å². The number of rotatable bonds is 14. The molecule has 0 aliphatic rings. The molecule has 1 radical (unpaired) electrons. The number of hydrogen-bond donors (Lipinski definition) is 1. The molecule has 0 aliphatic heterocycles. The first kappa shape index (κ1) is 18.7. The van der Waals surface area contributed by atoms with Crippen molar-refractivity contribution in [3.63, 3.8) is 0 Å². The molecular weight excluding hydrogens is 232 g/mol. The van der Waals surface area contributed by atoms with E-state index in [0.29, 0.717) is 0 Å². The summed E-state index contributed by atoms with van der Waals surface area (Å²) in [6.07, 6.45) is 21.0. The molecule has 0 saturated carbocycles. The van der Waals surface area contributed by atoms with Gasteiger partial charge < -0.3 is 5.11 Å². The predicted molar refractivity (Wildman–Crippen MR) is 86.2 cm³/mol. The Hall–Kier alpha value is -0.300. The standard InChI is InChI=1S/C18H35O/c1-3-4-5-6-7-8-9-10-11-12-13-14-15-16-17-18(2)19/h11-12,18-19H,2-10,13-17H2,1H3. The third-order valence-corrected chi connectivity index (χ3v) is 3.55. The molecule has 0 amide bonds. The summed E-state index contributed by atoms with van der Waals surface area (Å²) in [5.41, 5.74) is 0. The summed E-state index contributed by atoms with van der Waals surface area (Å²) in [4.78, 5) is 0. The Morgan fingerprint density at radius 3 is 1.79 bits per heavy atom. The molecule has 1 N–H and O–H groups in total. The lowest BCUT2D eigenvalue weighted by Crippen LogP contribution is -1.98. The highest BCUT2D eigenvalue weighted by atomic mass is 16.3. The maximum absolute atomic E-state index is 9.02. The van der Waals surface area contributed by atoms with Crippen LogP contribution < -0.4 is 0 Å². The van der Waals surface area contributed by atoms with Gasteiger partial charge in [0.1, 0.15) is 0 Å². The van der Waals surface area contributed by atoms with Gasteiger partial charge in [0.15, 0.2) is 0 Å². The first-order valence-electron chi connectivity index (χ1n) is 8.43. The number of aliphatic hydroxyl groups excluding tert-OH is 1. The molecule has 113 valence electrons. The van der Waals surface area contributed by atoms with Crippen molar-refractivity contribution in [2.24, 2.45) is 0 Å². The van der Waals surface area contributed by atoms with Crippen molar-refractivity contribution in [2.75, 3.05) is 0 Å². The van der Waals surface area contributed by atoms with Crippen LogP contribution in [0.4, 0.5) is 0 Å². The van der Waals surface area contributed by atoms with Crippen molar-refractivity contribution in [1.29, 1.82) is 0 Å². The van der Waals surface area contributed by atoms with Crippen LogP contribution in [-0.4, -0.2) is 11.2 Å². The van der Waals surface area contributed by atoms with E-state index in [9.17, 15) is 0 Å².